The first-order chi connectivity index (χ1) is 17.2. The standard InChI is InChI=1S/C26H32ClN3O5S/c1-3-5-16-28-25(32)22(4-2)29(18-19-11-6-8-13-21(19)27)24(31)15-10-17-30-26(33)20-12-7-9-14-23(20)36(30,34)35/h6-9,11-14,22H,3-5,10,15-18H2,1-2H3,(H,28,32)/t22-/m1/s1. The number of sulfonamides is 1. The molecule has 194 valence electrons. The minimum atomic E-state index is -3.94. The number of halogens is 1. The summed E-state index contributed by atoms with van der Waals surface area (Å²) in [5, 5.41) is 3.39. The molecule has 1 heterocycles. The fraction of sp³-hybridized carbons (Fsp3) is 0.423. The van der Waals surface area contributed by atoms with Crippen LogP contribution < -0.4 is 5.32 Å². The van der Waals surface area contributed by atoms with Gasteiger partial charge in [0.1, 0.15) is 10.9 Å². The third-order valence-electron chi connectivity index (χ3n) is 6.18. The van der Waals surface area contributed by atoms with Crippen LogP contribution in [-0.4, -0.2) is 54.5 Å². The van der Waals surface area contributed by atoms with Crippen LogP contribution in [0, 0.1) is 0 Å². The van der Waals surface area contributed by atoms with Crippen molar-refractivity contribution < 1.29 is 22.8 Å². The number of nitrogens with zero attached hydrogens (tertiary/aromatic N) is 2. The molecule has 0 radical (unpaired) electrons. The van der Waals surface area contributed by atoms with Gasteiger partial charge in [0, 0.05) is 31.1 Å². The molecule has 2 aromatic rings. The van der Waals surface area contributed by atoms with Crippen LogP contribution in [0.3, 0.4) is 0 Å². The number of carbonyl (C=O) groups excluding carboxylic acids is 3. The van der Waals surface area contributed by atoms with E-state index in [0.717, 1.165) is 17.1 Å². The van der Waals surface area contributed by atoms with E-state index in [1.807, 2.05) is 19.9 Å². The lowest BCUT2D eigenvalue weighted by atomic mass is 10.1. The summed E-state index contributed by atoms with van der Waals surface area (Å²) in [7, 11) is -3.94. The Morgan fingerprint density at radius 2 is 1.75 bits per heavy atom. The van der Waals surface area contributed by atoms with Gasteiger partial charge in [-0.15, -0.1) is 0 Å². The minimum Gasteiger partial charge on any atom is -0.354 e. The molecule has 2 aromatic carbocycles. The first kappa shape index (κ1) is 27.7. The molecule has 0 saturated heterocycles. The molecule has 1 atom stereocenters. The van der Waals surface area contributed by atoms with E-state index in [-0.39, 0.29) is 48.2 Å². The van der Waals surface area contributed by atoms with Crippen molar-refractivity contribution in [2.45, 2.75) is 63.4 Å². The molecule has 36 heavy (non-hydrogen) atoms. The average molecular weight is 534 g/mol. The Morgan fingerprint density at radius 3 is 2.42 bits per heavy atom. The number of carbonyl (C=O) groups is 3. The lowest BCUT2D eigenvalue weighted by molar-refractivity contribution is -0.141. The number of hydrogen-bond donors (Lipinski definition) is 1. The maximum atomic E-state index is 13.4. The topological polar surface area (TPSA) is 104 Å². The molecule has 8 nitrogen and oxygen atoms in total. The maximum Gasteiger partial charge on any atom is 0.269 e. The molecule has 0 unspecified atom stereocenters. The molecule has 10 heteroatoms. The van der Waals surface area contributed by atoms with Crippen LogP contribution >= 0.6 is 11.6 Å². The molecule has 0 aromatic heterocycles. The summed E-state index contributed by atoms with van der Waals surface area (Å²) < 4.78 is 26.4. The molecule has 3 rings (SSSR count). The van der Waals surface area contributed by atoms with E-state index in [4.69, 9.17) is 11.6 Å². The highest BCUT2D eigenvalue weighted by molar-refractivity contribution is 7.90. The lowest BCUT2D eigenvalue weighted by Gasteiger charge is -2.31. The van der Waals surface area contributed by atoms with Crippen molar-refractivity contribution in [1.82, 2.24) is 14.5 Å². The molecule has 1 N–H and O–H groups in total. The molecular formula is C26H32ClN3O5S. The number of amides is 3. The Labute approximate surface area is 217 Å². The first-order valence-corrected chi connectivity index (χ1v) is 14.0. The van der Waals surface area contributed by atoms with E-state index in [1.54, 1.807) is 30.3 Å². The van der Waals surface area contributed by atoms with Gasteiger partial charge in [-0.1, -0.05) is 62.2 Å². The second kappa shape index (κ2) is 12.4. The van der Waals surface area contributed by atoms with Crippen molar-refractivity contribution in [3.05, 3.63) is 64.7 Å². The second-order valence-corrected chi connectivity index (χ2v) is 10.9. The minimum absolute atomic E-state index is 0.0172. The monoisotopic (exact) mass is 533 g/mol. The molecule has 1 aliphatic rings. The smallest absolute Gasteiger partial charge is 0.269 e. The van der Waals surface area contributed by atoms with Crippen molar-refractivity contribution in [1.29, 1.82) is 0 Å². The largest absolute Gasteiger partial charge is 0.354 e. The number of benzene rings is 2. The summed E-state index contributed by atoms with van der Waals surface area (Å²) in [4.78, 5) is 40.4. The van der Waals surface area contributed by atoms with E-state index in [9.17, 15) is 22.8 Å². The fourth-order valence-electron chi connectivity index (χ4n) is 4.21. The van der Waals surface area contributed by atoms with Crippen molar-refractivity contribution in [2.75, 3.05) is 13.1 Å². The van der Waals surface area contributed by atoms with Gasteiger partial charge in [0.05, 0.1) is 5.56 Å². The molecular weight excluding hydrogens is 502 g/mol. The van der Waals surface area contributed by atoms with Crippen LogP contribution in [0.25, 0.3) is 0 Å². The molecule has 0 spiro atoms. The van der Waals surface area contributed by atoms with Crippen LogP contribution in [0.1, 0.15) is 61.9 Å². The zero-order valence-corrected chi connectivity index (χ0v) is 22.1. The second-order valence-electron chi connectivity index (χ2n) is 8.66. The third-order valence-corrected chi connectivity index (χ3v) is 8.39. The summed E-state index contributed by atoms with van der Waals surface area (Å²) in [5.74, 6) is -1.14. The molecule has 0 bridgehead atoms. The summed E-state index contributed by atoms with van der Waals surface area (Å²) in [6.07, 6.45) is 2.27. The Bertz CT molecular complexity index is 1220. The van der Waals surface area contributed by atoms with Crippen LogP contribution in [0.2, 0.25) is 5.02 Å². The van der Waals surface area contributed by atoms with Crippen molar-refractivity contribution in [2.24, 2.45) is 0 Å². The summed E-state index contributed by atoms with van der Waals surface area (Å²) >= 11 is 6.34. The van der Waals surface area contributed by atoms with Gasteiger partial charge in [-0.25, -0.2) is 12.7 Å². The predicted octanol–water partition coefficient (Wildman–Crippen LogP) is 3.99. The molecule has 0 aliphatic carbocycles. The Hall–Kier alpha value is -2.91. The van der Waals surface area contributed by atoms with Gasteiger partial charge in [-0.3, -0.25) is 14.4 Å². The maximum absolute atomic E-state index is 13.4. The van der Waals surface area contributed by atoms with Crippen molar-refractivity contribution in [3.63, 3.8) is 0 Å². The van der Waals surface area contributed by atoms with E-state index in [0.29, 0.717) is 23.6 Å². The Balaban J connectivity index is 1.74. The number of fused-ring (bicyclic) bond motifs is 1. The molecule has 0 fully saturated rings. The van der Waals surface area contributed by atoms with Gasteiger partial charge < -0.3 is 10.2 Å². The zero-order chi connectivity index (χ0) is 26.3. The molecule has 0 saturated carbocycles. The number of unbranched alkanes of at least 4 members (excludes halogenated alkanes) is 1. The summed E-state index contributed by atoms with van der Waals surface area (Å²) in [6.45, 7) is 4.41. The fourth-order valence-corrected chi connectivity index (χ4v) is 6.01. The van der Waals surface area contributed by atoms with Crippen LogP contribution in [0.4, 0.5) is 0 Å². The number of rotatable bonds is 12. The van der Waals surface area contributed by atoms with Gasteiger partial charge in [0.2, 0.25) is 11.8 Å². The highest BCUT2D eigenvalue weighted by Gasteiger charge is 2.40. The van der Waals surface area contributed by atoms with Crippen molar-refractivity contribution in [3.8, 4) is 0 Å². The Morgan fingerprint density at radius 1 is 1.06 bits per heavy atom. The molecule has 1 aliphatic heterocycles. The zero-order valence-electron chi connectivity index (χ0n) is 20.6. The van der Waals surface area contributed by atoms with E-state index in [1.165, 1.54) is 17.0 Å². The highest BCUT2D eigenvalue weighted by Crippen LogP contribution is 2.30. The van der Waals surface area contributed by atoms with Crippen LogP contribution in [0.15, 0.2) is 53.4 Å². The van der Waals surface area contributed by atoms with Crippen molar-refractivity contribution >= 4 is 39.3 Å². The quantitative estimate of drug-likeness (QED) is 0.415. The normalized spacial score (nSPS) is 14.9. The number of hydrogen-bond acceptors (Lipinski definition) is 5. The first-order valence-electron chi connectivity index (χ1n) is 12.2. The summed E-state index contributed by atoms with van der Waals surface area (Å²) in [5.41, 5.74) is 0.846. The number of nitrogens with one attached hydrogen (secondary N) is 1. The van der Waals surface area contributed by atoms with Crippen LogP contribution in [-0.2, 0) is 26.2 Å². The van der Waals surface area contributed by atoms with Gasteiger partial charge in [0.25, 0.3) is 15.9 Å². The van der Waals surface area contributed by atoms with Gasteiger partial charge in [-0.2, -0.15) is 0 Å². The summed E-state index contributed by atoms with van der Waals surface area (Å²) in [6, 6.07) is 12.5. The Kier molecular flexibility index (Phi) is 9.50. The SMILES string of the molecule is CCCCNC(=O)[C@@H](CC)N(Cc1ccccc1Cl)C(=O)CCCN1C(=O)c2ccccc2S1(=O)=O. The average Bonchev–Trinajstić information content (AvgIpc) is 3.05. The van der Waals surface area contributed by atoms with E-state index < -0.39 is 22.0 Å². The van der Waals surface area contributed by atoms with Gasteiger partial charge in [-0.05, 0) is 43.0 Å². The van der Waals surface area contributed by atoms with Gasteiger partial charge in [0.15, 0.2) is 0 Å². The predicted molar refractivity (Wildman–Crippen MR) is 138 cm³/mol. The van der Waals surface area contributed by atoms with E-state index >= 15 is 0 Å². The van der Waals surface area contributed by atoms with E-state index in [2.05, 4.69) is 5.32 Å². The third kappa shape index (κ3) is 6.07. The molecule has 3 amide bonds. The highest BCUT2D eigenvalue weighted by atomic mass is 35.5. The van der Waals surface area contributed by atoms with Gasteiger partial charge >= 0.3 is 0 Å². The van der Waals surface area contributed by atoms with Crippen LogP contribution in [0.5, 0.6) is 0 Å². The lowest BCUT2D eigenvalue weighted by Crippen LogP contribution is -2.49.